The van der Waals surface area contributed by atoms with Crippen molar-refractivity contribution < 1.29 is 5.11 Å². The van der Waals surface area contributed by atoms with Crippen molar-refractivity contribution in [2.24, 2.45) is 5.41 Å². The molecule has 1 rings (SSSR count). The highest BCUT2D eigenvalue weighted by Crippen LogP contribution is 2.27. The van der Waals surface area contributed by atoms with Crippen LogP contribution in [0.25, 0.3) is 0 Å². The van der Waals surface area contributed by atoms with E-state index in [4.69, 9.17) is 0 Å². The normalized spacial score (nSPS) is 11.9. The van der Waals surface area contributed by atoms with Crippen molar-refractivity contribution >= 4 is 5.69 Å². The second-order valence-electron chi connectivity index (χ2n) is 5.50. The van der Waals surface area contributed by atoms with Crippen LogP contribution in [-0.4, -0.2) is 18.3 Å². The van der Waals surface area contributed by atoms with E-state index in [1.54, 1.807) is 0 Å². The third kappa shape index (κ3) is 3.74. The molecule has 1 aromatic carbocycles. The summed E-state index contributed by atoms with van der Waals surface area (Å²) in [5.74, 6) is 0.548. The Hall–Kier alpha value is -1.02. The highest BCUT2D eigenvalue weighted by molar-refractivity contribution is 5.46. The lowest BCUT2D eigenvalue weighted by Crippen LogP contribution is -2.32. The quantitative estimate of drug-likeness (QED) is 0.765. The van der Waals surface area contributed by atoms with Gasteiger partial charge in [0.2, 0.25) is 0 Å². The van der Waals surface area contributed by atoms with Gasteiger partial charge in [-0.3, -0.25) is 0 Å². The van der Waals surface area contributed by atoms with Crippen molar-refractivity contribution in [3.63, 3.8) is 0 Å². The lowest BCUT2D eigenvalue weighted by Gasteiger charge is -2.30. The minimum Gasteiger partial charge on any atom is -0.396 e. The molecule has 0 aliphatic heterocycles. The molecule has 0 aromatic heterocycles. The number of anilines is 1. The van der Waals surface area contributed by atoms with E-state index in [0.717, 1.165) is 25.1 Å². The molecule has 18 heavy (non-hydrogen) atoms. The number of aliphatic hydroxyl groups excluding tert-OH is 1. The molecule has 2 N–H and O–H groups in total. The summed E-state index contributed by atoms with van der Waals surface area (Å²) in [6, 6.07) is 8.56. The van der Waals surface area contributed by atoms with Gasteiger partial charge in [0.1, 0.15) is 0 Å². The van der Waals surface area contributed by atoms with Gasteiger partial charge >= 0.3 is 0 Å². The third-order valence-corrected chi connectivity index (χ3v) is 4.06. The SMILES string of the molecule is CCC(CC)(CO)CNc1cccc(C(C)C)c1. The maximum atomic E-state index is 9.56. The number of aliphatic hydroxyl groups is 1. The standard InChI is InChI=1S/C16H27NO/c1-5-16(6-2,12-18)11-17-15-9-7-8-14(10-15)13(3)4/h7-10,13,17-18H,5-6,11-12H2,1-4H3. The van der Waals surface area contributed by atoms with Gasteiger partial charge in [0.05, 0.1) is 6.61 Å². The topological polar surface area (TPSA) is 32.3 Å². The van der Waals surface area contributed by atoms with E-state index in [2.05, 4.69) is 57.3 Å². The molecule has 0 unspecified atom stereocenters. The number of benzene rings is 1. The monoisotopic (exact) mass is 249 g/mol. The van der Waals surface area contributed by atoms with Crippen LogP contribution in [0.15, 0.2) is 24.3 Å². The maximum absolute atomic E-state index is 9.56. The summed E-state index contributed by atoms with van der Waals surface area (Å²) in [6.07, 6.45) is 1.99. The molecular weight excluding hydrogens is 222 g/mol. The Labute approximate surface area is 111 Å². The van der Waals surface area contributed by atoms with E-state index in [1.807, 2.05) is 0 Å². The van der Waals surface area contributed by atoms with Gasteiger partial charge in [0, 0.05) is 17.6 Å². The summed E-state index contributed by atoms with van der Waals surface area (Å²) in [6.45, 7) is 9.78. The summed E-state index contributed by atoms with van der Waals surface area (Å²) in [7, 11) is 0. The number of hydrogen-bond acceptors (Lipinski definition) is 2. The fourth-order valence-corrected chi connectivity index (χ4v) is 2.08. The molecule has 0 amide bonds. The van der Waals surface area contributed by atoms with Crippen molar-refractivity contribution in [3.8, 4) is 0 Å². The fraction of sp³-hybridized carbons (Fsp3) is 0.625. The zero-order chi connectivity index (χ0) is 13.6. The second-order valence-corrected chi connectivity index (χ2v) is 5.50. The van der Waals surface area contributed by atoms with E-state index in [-0.39, 0.29) is 12.0 Å². The highest BCUT2D eigenvalue weighted by Gasteiger charge is 2.24. The predicted octanol–water partition coefficient (Wildman–Crippen LogP) is 4.02. The first-order valence-electron chi connectivity index (χ1n) is 7.01. The van der Waals surface area contributed by atoms with Gasteiger partial charge in [-0.25, -0.2) is 0 Å². The van der Waals surface area contributed by atoms with Crippen LogP contribution in [-0.2, 0) is 0 Å². The molecule has 0 saturated carbocycles. The Bertz CT molecular complexity index is 348. The molecule has 2 heteroatoms. The van der Waals surface area contributed by atoms with E-state index in [9.17, 15) is 5.11 Å². The van der Waals surface area contributed by atoms with Gasteiger partial charge in [-0.2, -0.15) is 0 Å². The Balaban J connectivity index is 2.70. The fourth-order valence-electron chi connectivity index (χ4n) is 2.08. The second kappa shape index (κ2) is 6.79. The molecule has 0 spiro atoms. The maximum Gasteiger partial charge on any atom is 0.0504 e. The van der Waals surface area contributed by atoms with Crippen LogP contribution in [0.3, 0.4) is 0 Å². The van der Waals surface area contributed by atoms with Crippen molar-refractivity contribution in [3.05, 3.63) is 29.8 Å². The van der Waals surface area contributed by atoms with Crippen molar-refractivity contribution in [1.29, 1.82) is 0 Å². The van der Waals surface area contributed by atoms with Crippen molar-refractivity contribution in [2.75, 3.05) is 18.5 Å². The first kappa shape index (κ1) is 15.0. The molecule has 0 aliphatic rings. The first-order chi connectivity index (χ1) is 8.56. The summed E-state index contributed by atoms with van der Waals surface area (Å²) in [4.78, 5) is 0. The summed E-state index contributed by atoms with van der Waals surface area (Å²) < 4.78 is 0. The molecule has 0 atom stereocenters. The number of rotatable bonds is 7. The molecule has 0 bridgehead atoms. The summed E-state index contributed by atoms with van der Waals surface area (Å²) in [5, 5.41) is 13.0. The average Bonchev–Trinajstić information content (AvgIpc) is 2.41. The minimum absolute atomic E-state index is 0.00777. The Kier molecular flexibility index (Phi) is 5.67. The molecule has 2 nitrogen and oxygen atoms in total. The van der Waals surface area contributed by atoms with Gasteiger partial charge in [0.15, 0.2) is 0 Å². The van der Waals surface area contributed by atoms with Crippen LogP contribution in [0.4, 0.5) is 5.69 Å². The zero-order valence-electron chi connectivity index (χ0n) is 12.2. The van der Waals surface area contributed by atoms with Crippen molar-refractivity contribution in [1.82, 2.24) is 0 Å². The molecule has 0 fully saturated rings. The molecule has 0 saturated heterocycles. The van der Waals surface area contributed by atoms with Gasteiger partial charge in [0.25, 0.3) is 0 Å². The number of nitrogens with one attached hydrogen (secondary N) is 1. The van der Waals surface area contributed by atoms with E-state index in [0.29, 0.717) is 5.92 Å². The van der Waals surface area contributed by atoms with Crippen molar-refractivity contribution in [2.45, 2.75) is 46.5 Å². The van der Waals surface area contributed by atoms with Gasteiger partial charge in [-0.1, -0.05) is 39.8 Å². The lowest BCUT2D eigenvalue weighted by atomic mass is 9.83. The summed E-state index contributed by atoms with van der Waals surface area (Å²) >= 11 is 0. The van der Waals surface area contributed by atoms with E-state index < -0.39 is 0 Å². The van der Waals surface area contributed by atoms with Crippen LogP contribution in [0, 0.1) is 5.41 Å². The smallest absolute Gasteiger partial charge is 0.0504 e. The molecule has 0 radical (unpaired) electrons. The Morgan fingerprint density at radius 1 is 1.22 bits per heavy atom. The van der Waals surface area contributed by atoms with Crippen LogP contribution in [0.5, 0.6) is 0 Å². The predicted molar refractivity (Wildman–Crippen MR) is 79.1 cm³/mol. The summed E-state index contributed by atoms with van der Waals surface area (Å²) in [5.41, 5.74) is 2.51. The highest BCUT2D eigenvalue weighted by atomic mass is 16.3. The number of hydrogen-bond donors (Lipinski definition) is 2. The van der Waals surface area contributed by atoms with Gasteiger partial charge in [-0.15, -0.1) is 0 Å². The molecule has 102 valence electrons. The largest absolute Gasteiger partial charge is 0.396 e. The van der Waals surface area contributed by atoms with Crippen LogP contribution in [0.1, 0.15) is 52.0 Å². The Morgan fingerprint density at radius 3 is 2.39 bits per heavy atom. The Morgan fingerprint density at radius 2 is 1.89 bits per heavy atom. The van der Waals surface area contributed by atoms with E-state index in [1.165, 1.54) is 5.56 Å². The van der Waals surface area contributed by atoms with Crippen LogP contribution < -0.4 is 5.32 Å². The van der Waals surface area contributed by atoms with Gasteiger partial charge in [-0.05, 0) is 36.5 Å². The first-order valence-corrected chi connectivity index (χ1v) is 7.01. The molecular formula is C16H27NO. The lowest BCUT2D eigenvalue weighted by molar-refractivity contribution is 0.127. The molecule has 0 aliphatic carbocycles. The third-order valence-electron chi connectivity index (χ3n) is 4.06. The van der Waals surface area contributed by atoms with Crippen LogP contribution in [0.2, 0.25) is 0 Å². The minimum atomic E-state index is 0.00777. The van der Waals surface area contributed by atoms with E-state index >= 15 is 0 Å². The van der Waals surface area contributed by atoms with Gasteiger partial charge < -0.3 is 10.4 Å². The zero-order valence-corrected chi connectivity index (χ0v) is 12.2. The molecule has 1 aromatic rings. The molecule has 0 heterocycles. The average molecular weight is 249 g/mol. The van der Waals surface area contributed by atoms with Crippen LogP contribution >= 0.6 is 0 Å².